The van der Waals surface area contributed by atoms with Crippen LogP contribution < -0.4 is 15.8 Å². The van der Waals surface area contributed by atoms with Crippen LogP contribution in [0.15, 0.2) is 42.5 Å². The summed E-state index contributed by atoms with van der Waals surface area (Å²) in [5.74, 6) is 1.49. The van der Waals surface area contributed by atoms with Crippen LogP contribution in [0.1, 0.15) is 12.5 Å². The van der Waals surface area contributed by atoms with Crippen LogP contribution in [0.5, 0.6) is 5.88 Å². The normalized spacial score (nSPS) is 10.2. The van der Waals surface area contributed by atoms with Crippen molar-refractivity contribution in [3.05, 3.63) is 48.0 Å². The monoisotopic (exact) mass is 257 g/mol. The molecule has 0 aliphatic rings. The summed E-state index contributed by atoms with van der Waals surface area (Å²) in [5, 5.41) is 3.28. The third kappa shape index (κ3) is 4.17. The quantitative estimate of drug-likeness (QED) is 0.781. The number of nitrogens with one attached hydrogen (secondary N) is 1. The zero-order chi connectivity index (χ0) is 13.5. The Hall–Kier alpha value is -2.23. The van der Waals surface area contributed by atoms with E-state index in [4.69, 9.17) is 10.5 Å². The van der Waals surface area contributed by atoms with Crippen LogP contribution in [0, 0.1) is 0 Å². The van der Waals surface area contributed by atoms with Crippen LogP contribution in [0.25, 0.3) is 0 Å². The van der Waals surface area contributed by atoms with Crippen LogP contribution >= 0.6 is 0 Å². The molecule has 0 fully saturated rings. The van der Waals surface area contributed by atoms with Gasteiger partial charge < -0.3 is 15.8 Å². The molecule has 4 nitrogen and oxygen atoms in total. The van der Waals surface area contributed by atoms with Crippen LogP contribution in [0.2, 0.25) is 0 Å². The van der Waals surface area contributed by atoms with Gasteiger partial charge >= 0.3 is 0 Å². The van der Waals surface area contributed by atoms with Crippen molar-refractivity contribution in [1.29, 1.82) is 0 Å². The number of nitrogen functional groups attached to an aromatic ring is 1. The number of aromatic nitrogens is 1. The van der Waals surface area contributed by atoms with Gasteiger partial charge in [-0.2, -0.15) is 4.98 Å². The van der Waals surface area contributed by atoms with Crippen molar-refractivity contribution in [3.8, 4) is 5.88 Å². The average Bonchev–Trinajstić information content (AvgIpc) is 2.42. The Labute approximate surface area is 113 Å². The van der Waals surface area contributed by atoms with Gasteiger partial charge in [-0.15, -0.1) is 0 Å². The first-order chi connectivity index (χ1) is 9.28. The summed E-state index contributed by atoms with van der Waals surface area (Å²) < 4.78 is 5.36. The molecule has 1 aromatic carbocycles. The number of pyridine rings is 1. The molecule has 0 saturated carbocycles. The molecule has 4 heteroatoms. The molecule has 0 unspecified atom stereocenters. The lowest BCUT2D eigenvalue weighted by atomic mass is 10.1. The molecule has 1 heterocycles. The largest absolute Gasteiger partial charge is 0.478 e. The topological polar surface area (TPSA) is 60.2 Å². The summed E-state index contributed by atoms with van der Waals surface area (Å²) in [6.45, 7) is 3.40. The van der Waals surface area contributed by atoms with E-state index in [0.717, 1.165) is 24.5 Å². The van der Waals surface area contributed by atoms with Crippen LogP contribution in [-0.4, -0.2) is 18.1 Å². The summed E-state index contributed by atoms with van der Waals surface area (Å²) in [7, 11) is 0. The Morgan fingerprint density at radius 2 is 1.95 bits per heavy atom. The molecule has 0 radical (unpaired) electrons. The molecule has 0 aliphatic carbocycles. The molecule has 0 bridgehead atoms. The molecular formula is C15H19N3O. The number of nitrogens with zero attached hydrogens (tertiary/aromatic N) is 1. The van der Waals surface area contributed by atoms with Crippen molar-refractivity contribution in [2.75, 3.05) is 24.2 Å². The highest BCUT2D eigenvalue weighted by Crippen LogP contribution is 2.12. The van der Waals surface area contributed by atoms with Crippen molar-refractivity contribution >= 4 is 11.5 Å². The maximum atomic E-state index is 5.65. The van der Waals surface area contributed by atoms with E-state index in [0.29, 0.717) is 12.5 Å². The molecule has 0 saturated heterocycles. The smallest absolute Gasteiger partial charge is 0.215 e. The lowest BCUT2D eigenvalue weighted by Gasteiger charge is -2.08. The number of hydrogen-bond donors (Lipinski definition) is 2. The second-order valence-electron chi connectivity index (χ2n) is 4.21. The van der Waals surface area contributed by atoms with E-state index in [9.17, 15) is 0 Å². The first-order valence-corrected chi connectivity index (χ1v) is 6.46. The minimum atomic E-state index is 0.627. The first-order valence-electron chi connectivity index (χ1n) is 6.46. The van der Waals surface area contributed by atoms with Gasteiger partial charge in [-0.25, -0.2) is 0 Å². The highest BCUT2D eigenvalue weighted by molar-refractivity contribution is 5.40. The van der Waals surface area contributed by atoms with Gasteiger partial charge in [-0.3, -0.25) is 0 Å². The van der Waals surface area contributed by atoms with Crippen LogP contribution in [-0.2, 0) is 6.42 Å². The maximum Gasteiger partial charge on any atom is 0.215 e. The summed E-state index contributed by atoms with van der Waals surface area (Å²) in [6, 6.07) is 13.7. The number of benzene rings is 1. The molecule has 100 valence electrons. The third-order valence-corrected chi connectivity index (χ3v) is 2.72. The first kappa shape index (κ1) is 13.2. The molecule has 2 rings (SSSR count). The predicted octanol–water partition coefficient (Wildman–Crippen LogP) is 2.72. The second kappa shape index (κ2) is 6.64. The van der Waals surface area contributed by atoms with E-state index in [1.54, 1.807) is 0 Å². The van der Waals surface area contributed by atoms with Gasteiger partial charge in [0.2, 0.25) is 5.88 Å². The fraction of sp³-hybridized carbons (Fsp3) is 0.267. The Kier molecular flexibility index (Phi) is 4.61. The van der Waals surface area contributed by atoms with E-state index < -0.39 is 0 Å². The molecule has 2 aromatic rings. The molecular weight excluding hydrogens is 238 g/mol. The molecule has 1 aromatic heterocycles. The molecule has 0 spiro atoms. The van der Waals surface area contributed by atoms with Gasteiger partial charge in [0.05, 0.1) is 6.61 Å². The number of anilines is 2. The standard InChI is InChI=1S/C15H19N3O/c1-2-19-15-5-3-4-14(18-15)17-11-10-12-6-8-13(16)9-7-12/h3-9H,2,10-11,16H2,1H3,(H,17,18). The Morgan fingerprint density at radius 1 is 1.16 bits per heavy atom. The van der Waals surface area contributed by atoms with Crippen molar-refractivity contribution in [3.63, 3.8) is 0 Å². The molecule has 0 aliphatic heterocycles. The average molecular weight is 257 g/mol. The van der Waals surface area contributed by atoms with Crippen LogP contribution in [0.3, 0.4) is 0 Å². The minimum absolute atomic E-state index is 0.627. The summed E-state index contributed by atoms with van der Waals surface area (Å²) in [5.41, 5.74) is 7.70. The highest BCUT2D eigenvalue weighted by atomic mass is 16.5. The van der Waals surface area contributed by atoms with Gasteiger partial charge in [0, 0.05) is 18.3 Å². The Balaban J connectivity index is 1.85. The lowest BCUT2D eigenvalue weighted by molar-refractivity contribution is 0.327. The van der Waals surface area contributed by atoms with Crippen molar-refractivity contribution in [2.45, 2.75) is 13.3 Å². The van der Waals surface area contributed by atoms with Gasteiger partial charge in [0.25, 0.3) is 0 Å². The Bertz CT molecular complexity index is 511. The van der Waals surface area contributed by atoms with Crippen molar-refractivity contribution < 1.29 is 4.74 Å². The summed E-state index contributed by atoms with van der Waals surface area (Å²) >= 11 is 0. The molecule has 19 heavy (non-hydrogen) atoms. The Morgan fingerprint density at radius 3 is 2.68 bits per heavy atom. The second-order valence-corrected chi connectivity index (χ2v) is 4.21. The number of nitrogens with two attached hydrogens (primary N) is 1. The maximum absolute atomic E-state index is 5.65. The number of rotatable bonds is 6. The fourth-order valence-corrected chi connectivity index (χ4v) is 1.76. The number of hydrogen-bond acceptors (Lipinski definition) is 4. The SMILES string of the molecule is CCOc1cccc(NCCc2ccc(N)cc2)n1. The molecule has 0 atom stereocenters. The van der Waals surface area contributed by atoms with Gasteiger partial charge in [0.1, 0.15) is 5.82 Å². The zero-order valence-electron chi connectivity index (χ0n) is 11.1. The van der Waals surface area contributed by atoms with Crippen LogP contribution in [0.4, 0.5) is 11.5 Å². The zero-order valence-corrected chi connectivity index (χ0v) is 11.1. The van der Waals surface area contributed by atoms with Gasteiger partial charge in [-0.05, 0) is 37.1 Å². The van der Waals surface area contributed by atoms with Gasteiger partial charge in [-0.1, -0.05) is 18.2 Å². The van der Waals surface area contributed by atoms with Gasteiger partial charge in [0.15, 0.2) is 0 Å². The van der Waals surface area contributed by atoms with Crippen molar-refractivity contribution in [2.24, 2.45) is 0 Å². The summed E-state index contributed by atoms with van der Waals surface area (Å²) in [6.07, 6.45) is 0.931. The predicted molar refractivity (Wildman–Crippen MR) is 78.5 cm³/mol. The van der Waals surface area contributed by atoms with E-state index in [1.807, 2.05) is 49.4 Å². The van der Waals surface area contributed by atoms with E-state index in [-0.39, 0.29) is 0 Å². The minimum Gasteiger partial charge on any atom is -0.478 e. The molecule has 0 amide bonds. The molecule has 3 N–H and O–H groups in total. The lowest BCUT2D eigenvalue weighted by Crippen LogP contribution is -2.07. The summed E-state index contributed by atoms with van der Waals surface area (Å²) in [4.78, 5) is 4.35. The van der Waals surface area contributed by atoms with E-state index in [1.165, 1.54) is 5.56 Å². The van der Waals surface area contributed by atoms with E-state index in [2.05, 4.69) is 10.3 Å². The van der Waals surface area contributed by atoms with Crippen molar-refractivity contribution in [1.82, 2.24) is 4.98 Å². The third-order valence-electron chi connectivity index (χ3n) is 2.72. The fourth-order valence-electron chi connectivity index (χ4n) is 1.76. The highest BCUT2D eigenvalue weighted by Gasteiger charge is 1.98. The number of ether oxygens (including phenoxy) is 1. The van der Waals surface area contributed by atoms with E-state index >= 15 is 0 Å².